The summed E-state index contributed by atoms with van der Waals surface area (Å²) in [5.41, 5.74) is 2.32. The van der Waals surface area contributed by atoms with Crippen LogP contribution < -0.4 is 4.74 Å². The first-order chi connectivity index (χ1) is 10.3. The Morgan fingerprint density at radius 3 is 3.05 bits per heavy atom. The highest BCUT2D eigenvalue weighted by atomic mass is 32.1. The maximum Gasteiger partial charge on any atom is 0.123 e. The van der Waals surface area contributed by atoms with Crippen molar-refractivity contribution in [3.05, 3.63) is 45.9 Å². The Bertz CT molecular complexity index is 599. The average molecular weight is 304 g/mol. The van der Waals surface area contributed by atoms with Crippen LogP contribution in [0.4, 0.5) is 0 Å². The molecule has 0 amide bonds. The third-order valence-electron chi connectivity index (χ3n) is 3.78. The highest BCUT2D eigenvalue weighted by molar-refractivity contribution is 7.09. The number of hydrogen-bond donors (Lipinski definition) is 0. The molecular weight excluding hydrogens is 284 g/mol. The number of nitrogens with zero attached hydrogens (tertiary/aromatic N) is 2. The topological polar surface area (TPSA) is 34.6 Å². The van der Waals surface area contributed by atoms with E-state index >= 15 is 0 Å². The smallest absolute Gasteiger partial charge is 0.123 e. The molecule has 1 aliphatic rings. The van der Waals surface area contributed by atoms with Gasteiger partial charge in [-0.05, 0) is 13.0 Å². The Morgan fingerprint density at radius 2 is 2.29 bits per heavy atom. The number of benzene rings is 1. The van der Waals surface area contributed by atoms with Crippen molar-refractivity contribution >= 4 is 11.3 Å². The summed E-state index contributed by atoms with van der Waals surface area (Å²) < 4.78 is 11.1. The van der Waals surface area contributed by atoms with Gasteiger partial charge in [0.2, 0.25) is 0 Å². The lowest BCUT2D eigenvalue weighted by atomic mass is 10.1. The lowest BCUT2D eigenvalue weighted by Gasteiger charge is -2.34. The van der Waals surface area contributed by atoms with Gasteiger partial charge in [-0.15, -0.1) is 11.3 Å². The van der Waals surface area contributed by atoms with Crippen molar-refractivity contribution < 1.29 is 9.47 Å². The molecule has 0 radical (unpaired) electrons. The van der Waals surface area contributed by atoms with Crippen LogP contribution >= 0.6 is 11.3 Å². The van der Waals surface area contributed by atoms with E-state index in [0.29, 0.717) is 6.61 Å². The van der Waals surface area contributed by atoms with Crippen LogP contribution in [0.3, 0.4) is 0 Å². The molecular formula is C16H20N2O2S. The summed E-state index contributed by atoms with van der Waals surface area (Å²) in [5, 5.41) is 3.25. The molecule has 3 rings (SSSR count). The molecule has 1 aromatic carbocycles. The van der Waals surface area contributed by atoms with Crippen LogP contribution in [0, 0.1) is 6.92 Å². The lowest BCUT2D eigenvalue weighted by Crippen LogP contribution is -2.39. The molecule has 2 aromatic rings. The van der Waals surface area contributed by atoms with Crippen LogP contribution in [-0.2, 0) is 11.3 Å². The van der Waals surface area contributed by atoms with E-state index in [1.807, 2.05) is 19.1 Å². The predicted molar refractivity (Wildman–Crippen MR) is 83.8 cm³/mol. The third kappa shape index (κ3) is 3.26. The monoisotopic (exact) mass is 304 g/mol. The fourth-order valence-corrected chi connectivity index (χ4v) is 3.34. The van der Waals surface area contributed by atoms with Gasteiger partial charge in [-0.2, -0.15) is 0 Å². The predicted octanol–water partition coefficient (Wildman–Crippen LogP) is 3.03. The van der Waals surface area contributed by atoms with E-state index in [1.165, 1.54) is 5.56 Å². The SMILES string of the molecule is COc1ccccc1CN1CCOC[C@@H]1c1csc(C)n1. The summed E-state index contributed by atoms with van der Waals surface area (Å²) in [6.07, 6.45) is 0. The largest absolute Gasteiger partial charge is 0.496 e. The van der Waals surface area contributed by atoms with E-state index in [9.17, 15) is 0 Å². The standard InChI is InChI=1S/C16H20N2O2S/c1-12-17-14(11-21-12)15-10-20-8-7-18(15)9-13-5-3-4-6-16(13)19-2/h3-6,11,15H,7-10H2,1-2H3/t15-/m1/s1. The molecule has 21 heavy (non-hydrogen) atoms. The van der Waals surface area contributed by atoms with E-state index in [1.54, 1.807) is 18.4 Å². The maximum atomic E-state index is 5.66. The van der Waals surface area contributed by atoms with E-state index < -0.39 is 0 Å². The molecule has 0 N–H and O–H groups in total. The van der Waals surface area contributed by atoms with Gasteiger partial charge in [-0.3, -0.25) is 4.90 Å². The second-order valence-electron chi connectivity index (χ2n) is 5.16. The molecule has 112 valence electrons. The van der Waals surface area contributed by atoms with Crippen molar-refractivity contribution in [1.82, 2.24) is 9.88 Å². The van der Waals surface area contributed by atoms with E-state index in [4.69, 9.17) is 9.47 Å². The van der Waals surface area contributed by atoms with Gasteiger partial charge in [-0.25, -0.2) is 4.98 Å². The molecule has 2 heterocycles. The molecule has 1 aliphatic heterocycles. The Labute approximate surface area is 129 Å². The average Bonchev–Trinajstić information content (AvgIpc) is 2.95. The van der Waals surface area contributed by atoms with Crippen LogP contribution in [0.15, 0.2) is 29.6 Å². The van der Waals surface area contributed by atoms with E-state index in [0.717, 1.165) is 36.1 Å². The summed E-state index contributed by atoms with van der Waals surface area (Å²) in [6, 6.07) is 8.42. The van der Waals surface area contributed by atoms with Crippen molar-refractivity contribution in [1.29, 1.82) is 0 Å². The fraction of sp³-hybridized carbons (Fsp3) is 0.438. The highest BCUT2D eigenvalue weighted by Gasteiger charge is 2.27. The third-order valence-corrected chi connectivity index (χ3v) is 4.58. The number of aromatic nitrogens is 1. The van der Waals surface area contributed by atoms with Gasteiger partial charge in [0.05, 0.1) is 37.1 Å². The van der Waals surface area contributed by atoms with Gasteiger partial charge in [0.15, 0.2) is 0 Å². The molecule has 0 unspecified atom stereocenters. The zero-order valence-electron chi connectivity index (χ0n) is 12.4. The normalized spacial score (nSPS) is 19.6. The van der Waals surface area contributed by atoms with Crippen LogP contribution in [0.5, 0.6) is 5.75 Å². The second-order valence-corrected chi connectivity index (χ2v) is 6.23. The van der Waals surface area contributed by atoms with Crippen LogP contribution in [-0.4, -0.2) is 36.8 Å². The molecule has 1 fully saturated rings. The van der Waals surface area contributed by atoms with Crippen molar-refractivity contribution in [2.75, 3.05) is 26.9 Å². The zero-order valence-corrected chi connectivity index (χ0v) is 13.2. The number of para-hydroxylation sites is 1. The number of methoxy groups -OCH3 is 1. The lowest BCUT2D eigenvalue weighted by molar-refractivity contribution is -0.0143. The minimum absolute atomic E-state index is 0.230. The number of hydrogen-bond acceptors (Lipinski definition) is 5. The first-order valence-electron chi connectivity index (χ1n) is 7.13. The molecule has 0 spiro atoms. The minimum Gasteiger partial charge on any atom is -0.496 e. The van der Waals surface area contributed by atoms with Crippen molar-refractivity contribution in [3.8, 4) is 5.75 Å². The summed E-state index contributed by atoms with van der Waals surface area (Å²) >= 11 is 1.70. The number of ether oxygens (including phenoxy) is 2. The van der Waals surface area contributed by atoms with Crippen molar-refractivity contribution in [2.45, 2.75) is 19.5 Å². The quantitative estimate of drug-likeness (QED) is 0.869. The molecule has 0 bridgehead atoms. The van der Waals surface area contributed by atoms with Gasteiger partial charge in [0.25, 0.3) is 0 Å². The molecule has 5 heteroatoms. The Kier molecular flexibility index (Phi) is 4.53. The van der Waals surface area contributed by atoms with Crippen LogP contribution in [0.2, 0.25) is 0 Å². The molecule has 1 aromatic heterocycles. The second kappa shape index (κ2) is 6.56. The Balaban J connectivity index is 1.81. The van der Waals surface area contributed by atoms with Gasteiger partial charge >= 0.3 is 0 Å². The summed E-state index contributed by atoms with van der Waals surface area (Å²) in [6.45, 7) is 5.30. The Morgan fingerprint density at radius 1 is 1.43 bits per heavy atom. The summed E-state index contributed by atoms with van der Waals surface area (Å²) in [4.78, 5) is 7.06. The summed E-state index contributed by atoms with van der Waals surface area (Å²) in [5.74, 6) is 0.942. The Hall–Kier alpha value is -1.43. The van der Waals surface area contributed by atoms with Crippen molar-refractivity contribution in [3.63, 3.8) is 0 Å². The van der Waals surface area contributed by atoms with Gasteiger partial charge < -0.3 is 9.47 Å². The first kappa shape index (κ1) is 14.5. The molecule has 1 atom stereocenters. The minimum atomic E-state index is 0.230. The molecule has 4 nitrogen and oxygen atoms in total. The number of morpholine rings is 1. The molecule has 1 saturated heterocycles. The van der Waals surface area contributed by atoms with E-state index in [2.05, 4.69) is 27.4 Å². The number of rotatable bonds is 4. The maximum absolute atomic E-state index is 5.66. The van der Waals surface area contributed by atoms with Crippen molar-refractivity contribution in [2.24, 2.45) is 0 Å². The summed E-state index contributed by atoms with van der Waals surface area (Å²) in [7, 11) is 1.72. The zero-order chi connectivity index (χ0) is 14.7. The first-order valence-corrected chi connectivity index (χ1v) is 8.01. The van der Waals surface area contributed by atoms with Gasteiger partial charge in [0.1, 0.15) is 5.75 Å². The van der Waals surface area contributed by atoms with Crippen LogP contribution in [0.1, 0.15) is 22.3 Å². The van der Waals surface area contributed by atoms with E-state index in [-0.39, 0.29) is 6.04 Å². The molecule has 0 saturated carbocycles. The molecule has 0 aliphatic carbocycles. The van der Waals surface area contributed by atoms with Gasteiger partial charge in [0, 0.05) is 24.0 Å². The highest BCUT2D eigenvalue weighted by Crippen LogP contribution is 2.29. The van der Waals surface area contributed by atoms with Gasteiger partial charge in [-0.1, -0.05) is 18.2 Å². The number of aryl methyl sites for hydroxylation is 1. The fourth-order valence-electron chi connectivity index (χ4n) is 2.69. The number of thiazole rings is 1. The van der Waals surface area contributed by atoms with Crippen LogP contribution in [0.25, 0.3) is 0 Å².